The number of aliphatic hydroxyl groups is 1. The van der Waals surface area contributed by atoms with Crippen LogP contribution in [0.3, 0.4) is 0 Å². The zero-order valence-electron chi connectivity index (χ0n) is 12.5. The van der Waals surface area contributed by atoms with Crippen molar-refractivity contribution < 1.29 is 5.11 Å². The average Bonchev–Trinajstić information content (AvgIpc) is 2.96. The minimum absolute atomic E-state index is 0.500. The minimum atomic E-state index is -0.646. The maximum absolute atomic E-state index is 10.7. The molecule has 0 unspecified atom stereocenters. The summed E-state index contributed by atoms with van der Waals surface area (Å²) in [4.78, 5) is 8.71. The highest BCUT2D eigenvalue weighted by atomic mass is 16.3. The van der Waals surface area contributed by atoms with Crippen molar-refractivity contribution in [2.24, 2.45) is 5.92 Å². The number of anilines is 2. The lowest BCUT2D eigenvalue weighted by atomic mass is 9.79. The Kier molecular flexibility index (Phi) is 3.67. The first-order valence-corrected chi connectivity index (χ1v) is 7.45. The van der Waals surface area contributed by atoms with Crippen molar-refractivity contribution in [2.45, 2.75) is 38.2 Å². The highest BCUT2D eigenvalue weighted by Gasteiger charge is 2.31. The normalized spacial score (nSPS) is 26.0. The van der Waals surface area contributed by atoms with Gasteiger partial charge in [-0.2, -0.15) is 15.1 Å². The topological polar surface area (TPSA) is 98.8 Å². The first kappa shape index (κ1) is 14.1. The van der Waals surface area contributed by atoms with E-state index >= 15 is 0 Å². The summed E-state index contributed by atoms with van der Waals surface area (Å²) >= 11 is 0. The molecular weight excluding hydrogens is 268 g/mol. The van der Waals surface area contributed by atoms with Crippen molar-refractivity contribution in [1.82, 2.24) is 20.2 Å². The second kappa shape index (κ2) is 5.48. The molecule has 2 aromatic rings. The zero-order chi connectivity index (χ0) is 14.9. The van der Waals surface area contributed by atoms with Crippen molar-refractivity contribution in [2.75, 3.05) is 24.2 Å². The van der Waals surface area contributed by atoms with Gasteiger partial charge in [0.1, 0.15) is 5.82 Å². The molecule has 1 aliphatic carbocycles. The molecule has 0 saturated heterocycles. The molecule has 21 heavy (non-hydrogen) atoms. The third kappa shape index (κ3) is 2.92. The summed E-state index contributed by atoms with van der Waals surface area (Å²) in [5, 5.41) is 24.5. The molecule has 7 heteroatoms. The number of rotatable bonds is 4. The van der Waals surface area contributed by atoms with Crippen LogP contribution < -0.4 is 10.6 Å². The number of hydrogen-bond acceptors (Lipinski definition) is 6. The summed E-state index contributed by atoms with van der Waals surface area (Å²) < 4.78 is 0. The van der Waals surface area contributed by atoms with Crippen LogP contribution in [0.4, 0.5) is 11.8 Å². The molecule has 0 spiro atoms. The van der Waals surface area contributed by atoms with Gasteiger partial charge in [-0.15, -0.1) is 0 Å². The molecule has 1 aliphatic rings. The van der Waals surface area contributed by atoms with E-state index in [1.54, 1.807) is 13.2 Å². The SMILES string of the molecule is CNc1nc(NCC2(O)CCC(C)CC2)c2cn[nH]c2n1. The molecule has 0 amide bonds. The van der Waals surface area contributed by atoms with E-state index < -0.39 is 5.60 Å². The molecule has 1 fully saturated rings. The molecule has 0 bridgehead atoms. The van der Waals surface area contributed by atoms with Crippen LogP contribution in [0, 0.1) is 5.92 Å². The van der Waals surface area contributed by atoms with Crippen LogP contribution in [0.15, 0.2) is 6.20 Å². The lowest BCUT2D eigenvalue weighted by Gasteiger charge is -2.35. The van der Waals surface area contributed by atoms with Crippen LogP contribution >= 0.6 is 0 Å². The lowest BCUT2D eigenvalue weighted by molar-refractivity contribution is 0.00497. The fourth-order valence-corrected chi connectivity index (χ4v) is 2.81. The van der Waals surface area contributed by atoms with Crippen LogP contribution in [-0.4, -0.2) is 44.5 Å². The summed E-state index contributed by atoms with van der Waals surface area (Å²) in [5.41, 5.74) is 0.0361. The third-order valence-corrected chi connectivity index (χ3v) is 4.32. The number of fused-ring (bicyclic) bond motifs is 1. The molecule has 7 nitrogen and oxygen atoms in total. The van der Waals surface area contributed by atoms with E-state index in [1.807, 2.05) is 0 Å². The first-order valence-electron chi connectivity index (χ1n) is 7.45. The van der Waals surface area contributed by atoms with Gasteiger partial charge in [-0.05, 0) is 31.6 Å². The number of aromatic amines is 1. The van der Waals surface area contributed by atoms with E-state index in [0.717, 1.165) is 31.1 Å². The van der Waals surface area contributed by atoms with Crippen LogP contribution in [-0.2, 0) is 0 Å². The van der Waals surface area contributed by atoms with Crippen molar-refractivity contribution in [3.63, 3.8) is 0 Å². The third-order valence-electron chi connectivity index (χ3n) is 4.32. The molecule has 0 aromatic carbocycles. The van der Waals surface area contributed by atoms with Gasteiger partial charge in [0, 0.05) is 13.6 Å². The van der Waals surface area contributed by atoms with E-state index in [2.05, 4.69) is 37.7 Å². The quantitative estimate of drug-likeness (QED) is 0.684. The predicted molar refractivity (Wildman–Crippen MR) is 82.3 cm³/mol. The van der Waals surface area contributed by atoms with Crippen molar-refractivity contribution in [3.8, 4) is 0 Å². The molecule has 114 valence electrons. The second-order valence-electron chi connectivity index (χ2n) is 6.04. The maximum Gasteiger partial charge on any atom is 0.226 e. The summed E-state index contributed by atoms with van der Waals surface area (Å²) in [7, 11) is 1.78. The second-order valence-corrected chi connectivity index (χ2v) is 6.04. The van der Waals surface area contributed by atoms with Crippen molar-refractivity contribution in [1.29, 1.82) is 0 Å². The number of aromatic nitrogens is 4. The van der Waals surface area contributed by atoms with Gasteiger partial charge in [-0.25, -0.2) is 0 Å². The van der Waals surface area contributed by atoms with E-state index in [1.165, 1.54) is 0 Å². The van der Waals surface area contributed by atoms with Crippen LogP contribution in [0.25, 0.3) is 11.0 Å². The van der Waals surface area contributed by atoms with Gasteiger partial charge >= 0.3 is 0 Å². The average molecular weight is 290 g/mol. The Labute approximate surface area is 123 Å². The van der Waals surface area contributed by atoms with Gasteiger partial charge in [0.05, 0.1) is 17.2 Å². The smallest absolute Gasteiger partial charge is 0.226 e. The minimum Gasteiger partial charge on any atom is -0.388 e. The Hall–Kier alpha value is -1.89. The first-order chi connectivity index (χ1) is 10.1. The molecule has 1 saturated carbocycles. The van der Waals surface area contributed by atoms with E-state index in [-0.39, 0.29) is 0 Å². The predicted octanol–water partition coefficient (Wildman–Crippen LogP) is 1.75. The molecule has 0 aliphatic heterocycles. The number of nitrogens with one attached hydrogen (secondary N) is 3. The molecule has 2 heterocycles. The monoisotopic (exact) mass is 290 g/mol. The fourth-order valence-electron chi connectivity index (χ4n) is 2.81. The zero-order valence-corrected chi connectivity index (χ0v) is 12.5. The Balaban J connectivity index is 1.77. The largest absolute Gasteiger partial charge is 0.388 e. The standard InChI is InChI=1S/C14H22N6O/c1-9-3-5-14(21,6-4-9)8-16-11-10-7-17-20-12(10)19-13(15-2)18-11/h7,9,21H,3-6,8H2,1-2H3,(H3,15,16,17,18,19,20). The summed E-state index contributed by atoms with van der Waals surface area (Å²) in [5.74, 6) is 1.93. The Bertz CT molecular complexity index is 617. The molecule has 2 aromatic heterocycles. The highest BCUT2D eigenvalue weighted by molar-refractivity contribution is 5.86. The van der Waals surface area contributed by atoms with Gasteiger partial charge in [-0.3, -0.25) is 5.10 Å². The number of nitrogens with zero attached hydrogens (tertiary/aromatic N) is 3. The number of hydrogen-bond donors (Lipinski definition) is 4. The summed E-state index contributed by atoms with van der Waals surface area (Å²) in [6.07, 6.45) is 5.51. The van der Waals surface area contributed by atoms with E-state index in [9.17, 15) is 5.11 Å². The fraction of sp³-hybridized carbons (Fsp3) is 0.643. The lowest BCUT2D eigenvalue weighted by Crippen LogP contribution is -2.40. The van der Waals surface area contributed by atoms with Gasteiger partial charge in [-0.1, -0.05) is 6.92 Å². The molecule has 0 radical (unpaired) electrons. The van der Waals surface area contributed by atoms with Gasteiger partial charge in [0.2, 0.25) is 5.95 Å². The van der Waals surface area contributed by atoms with Crippen molar-refractivity contribution in [3.05, 3.63) is 6.20 Å². The van der Waals surface area contributed by atoms with E-state index in [4.69, 9.17) is 0 Å². The van der Waals surface area contributed by atoms with Crippen LogP contribution in [0.2, 0.25) is 0 Å². The van der Waals surface area contributed by atoms with Crippen LogP contribution in [0.1, 0.15) is 32.6 Å². The Morgan fingerprint density at radius 3 is 2.86 bits per heavy atom. The van der Waals surface area contributed by atoms with Crippen LogP contribution in [0.5, 0.6) is 0 Å². The molecular formula is C14H22N6O. The highest BCUT2D eigenvalue weighted by Crippen LogP contribution is 2.32. The van der Waals surface area contributed by atoms with Gasteiger partial charge in [0.25, 0.3) is 0 Å². The van der Waals surface area contributed by atoms with Gasteiger partial charge in [0.15, 0.2) is 5.65 Å². The Morgan fingerprint density at radius 1 is 1.38 bits per heavy atom. The maximum atomic E-state index is 10.7. The van der Waals surface area contributed by atoms with E-state index in [0.29, 0.717) is 29.9 Å². The number of H-pyrrole nitrogens is 1. The van der Waals surface area contributed by atoms with Gasteiger partial charge < -0.3 is 15.7 Å². The molecule has 0 atom stereocenters. The summed E-state index contributed by atoms with van der Waals surface area (Å²) in [6.45, 7) is 2.74. The van der Waals surface area contributed by atoms with Crippen molar-refractivity contribution >= 4 is 22.8 Å². The molecule has 4 N–H and O–H groups in total. The Morgan fingerprint density at radius 2 is 2.14 bits per heavy atom. The molecule has 3 rings (SSSR count). The summed E-state index contributed by atoms with van der Waals surface area (Å²) in [6, 6.07) is 0.